The summed E-state index contributed by atoms with van der Waals surface area (Å²) in [7, 11) is 1.65. The third-order valence-corrected chi connectivity index (χ3v) is 3.04. The Labute approximate surface area is 102 Å². The fraction of sp³-hybridized carbons (Fsp3) is 0.500. The molecular weight excluding hydrogens is 216 g/mol. The van der Waals surface area contributed by atoms with Gasteiger partial charge in [-0.25, -0.2) is 0 Å². The lowest BCUT2D eigenvalue weighted by molar-refractivity contribution is -0.138. The van der Waals surface area contributed by atoms with E-state index < -0.39 is 5.97 Å². The van der Waals surface area contributed by atoms with Crippen LogP contribution < -0.4 is 4.74 Å². The fourth-order valence-corrected chi connectivity index (χ4v) is 1.96. The maximum Gasteiger partial charge on any atom is 0.304 e. The van der Waals surface area contributed by atoms with Crippen LogP contribution in [-0.2, 0) is 16.6 Å². The molecule has 1 rings (SSSR count). The molecule has 0 saturated heterocycles. The molecule has 1 N–H and O–H groups in total. The van der Waals surface area contributed by atoms with Crippen molar-refractivity contribution in [2.75, 3.05) is 7.11 Å². The van der Waals surface area contributed by atoms with Gasteiger partial charge in [0.1, 0.15) is 5.75 Å². The molecule has 3 nitrogen and oxygen atoms in total. The van der Waals surface area contributed by atoms with Crippen molar-refractivity contribution in [1.29, 1.82) is 0 Å². The van der Waals surface area contributed by atoms with E-state index in [1.54, 1.807) is 7.11 Å². The number of carboxylic acid groups (broad SMARTS) is 1. The van der Waals surface area contributed by atoms with E-state index in [1.165, 1.54) is 0 Å². The predicted octanol–water partition coefficient (Wildman–Crippen LogP) is 3.01. The second-order valence-corrected chi connectivity index (χ2v) is 4.83. The van der Waals surface area contributed by atoms with Crippen molar-refractivity contribution >= 4 is 5.97 Å². The second kappa shape index (κ2) is 5.21. The molecule has 0 unspecified atom stereocenters. The van der Waals surface area contributed by atoms with Gasteiger partial charge < -0.3 is 9.84 Å². The Morgan fingerprint density at radius 1 is 1.41 bits per heavy atom. The number of methoxy groups -OCH3 is 1. The molecule has 0 amide bonds. The first-order valence-electron chi connectivity index (χ1n) is 5.80. The van der Waals surface area contributed by atoms with Gasteiger partial charge in [0.25, 0.3) is 0 Å². The fourth-order valence-electron chi connectivity index (χ4n) is 1.96. The van der Waals surface area contributed by atoms with E-state index >= 15 is 0 Å². The smallest absolute Gasteiger partial charge is 0.304 e. The summed E-state index contributed by atoms with van der Waals surface area (Å²) in [5, 5.41) is 8.91. The van der Waals surface area contributed by atoms with Gasteiger partial charge in [0.2, 0.25) is 0 Å². The van der Waals surface area contributed by atoms with Gasteiger partial charge in [-0.05, 0) is 23.6 Å². The average Bonchev–Trinajstić information content (AvgIpc) is 2.26. The molecule has 0 aromatic heterocycles. The number of ether oxygens (including phenoxy) is 1. The Balaban J connectivity index is 3.10. The highest BCUT2D eigenvalue weighted by Crippen LogP contribution is 2.31. The van der Waals surface area contributed by atoms with E-state index in [-0.39, 0.29) is 11.8 Å². The Kier molecular flexibility index (Phi) is 4.16. The molecule has 1 aromatic carbocycles. The quantitative estimate of drug-likeness (QED) is 0.854. The summed E-state index contributed by atoms with van der Waals surface area (Å²) >= 11 is 0. The minimum Gasteiger partial charge on any atom is -0.496 e. The second-order valence-electron chi connectivity index (χ2n) is 4.83. The summed E-state index contributed by atoms with van der Waals surface area (Å²) in [6.45, 7) is 5.95. The predicted molar refractivity (Wildman–Crippen MR) is 67.7 cm³/mol. The molecule has 0 atom stereocenters. The molecule has 3 heteroatoms. The van der Waals surface area contributed by atoms with Crippen LogP contribution in [-0.4, -0.2) is 18.2 Å². The molecular formula is C14H20O3. The number of hydrogen-bond donors (Lipinski definition) is 1. The Bertz CT molecular complexity index is 408. The van der Waals surface area contributed by atoms with Gasteiger partial charge in [0.05, 0.1) is 13.5 Å². The molecule has 0 heterocycles. The zero-order valence-corrected chi connectivity index (χ0v) is 10.9. The van der Waals surface area contributed by atoms with E-state index in [0.717, 1.165) is 23.3 Å². The molecule has 17 heavy (non-hydrogen) atoms. The van der Waals surface area contributed by atoms with Crippen molar-refractivity contribution in [2.45, 2.75) is 39.0 Å². The van der Waals surface area contributed by atoms with E-state index in [2.05, 4.69) is 6.92 Å². The maximum absolute atomic E-state index is 10.8. The van der Waals surface area contributed by atoms with Crippen molar-refractivity contribution in [3.05, 3.63) is 29.3 Å². The van der Waals surface area contributed by atoms with Crippen LogP contribution in [0.15, 0.2) is 18.2 Å². The molecule has 0 spiro atoms. The molecule has 0 aliphatic heterocycles. The molecule has 94 valence electrons. The van der Waals surface area contributed by atoms with Crippen LogP contribution in [0, 0.1) is 0 Å². The summed E-state index contributed by atoms with van der Waals surface area (Å²) in [5.41, 5.74) is 1.79. The first-order chi connectivity index (χ1) is 7.90. The minimum atomic E-state index is -0.774. The molecule has 0 radical (unpaired) electrons. The number of carboxylic acids is 1. The van der Waals surface area contributed by atoms with E-state index in [1.807, 2.05) is 32.0 Å². The summed E-state index contributed by atoms with van der Waals surface area (Å²) < 4.78 is 5.27. The summed E-state index contributed by atoms with van der Waals surface area (Å²) in [4.78, 5) is 10.8. The first-order valence-corrected chi connectivity index (χ1v) is 5.80. The van der Waals surface area contributed by atoms with Crippen molar-refractivity contribution < 1.29 is 14.6 Å². The van der Waals surface area contributed by atoms with Crippen molar-refractivity contribution in [2.24, 2.45) is 0 Å². The number of aryl methyl sites for hydroxylation is 1. The lowest BCUT2D eigenvalue weighted by atomic mass is 9.81. The summed E-state index contributed by atoms with van der Waals surface area (Å²) in [6.07, 6.45) is 1.00. The average molecular weight is 236 g/mol. The minimum absolute atomic E-state index is 0.127. The third kappa shape index (κ3) is 3.22. The van der Waals surface area contributed by atoms with Gasteiger partial charge in [-0.1, -0.05) is 32.9 Å². The van der Waals surface area contributed by atoms with Crippen molar-refractivity contribution in [3.63, 3.8) is 0 Å². The molecule has 0 aliphatic rings. The van der Waals surface area contributed by atoms with E-state index in [4.69, 9.17) is 9.84 Å². The largest absolute Gasteiger partial charge is 0.496 e. The normalized spacial score (nSPS) is 11.3. The number of hydrogen-bond acceptors (Lipinski definition) is 2. The number of benzene rings is 1. The lowest BCUT2D eigenvalue weighted by Crippen LogP contribution is -2.21. The standard InChI is InChI=1S/C14H20O3/c1-5-10-8-11(6-7-12(10)17-4)14(2,3)9-13(15)16/h6-8H,5,9H2,1-4H3,(H,15,16). The van der Waals surface area contributed by atoms with Gasteiger partial charge in [-0.2, -0.15) is 0 Å². The first kappa shape index (κ1) is 13.6. The highest BCUT2D eigenvalue weighted by Gasteiger charge is 2.24. The van der Waals surface area contributed by atoms with Crippen LogP contribution >= 0.6 is 0 Å². The van der Waals surface area contributed by atoms with Gasteiger partial charge in [-0.15, -0.1) is 0 Å². The highest BCUT2D eigenvalue weighted by atomic mass is 16.5. The van der Waals surface area contributed by atoms with Crippen LogP contribution in [0.3, 0.4) is 0 Å². The maximum atomic E-state index is 10.8. The van der Waals surface area contributed by atoms with Crippen LogP contribution in [0.25, 0.3) is 0 Å². The Hall–Kier alpha value is -1.51. The van der Waals surface area contributed by atoms with E-state index in [0.29, 0.717) is 0 Å². The number of rotatable bonds is 5. The van der Waals surface area contributed by atoms with Crippen molar-refractivity contribution in [3.8, 4) is 5.75 Å². The monoisotopic (exact) mass is 236 g/mol. The highest BCUT2D eigenvalue weighted by molar-refractivity contribution is 5.69. The Morgan fingerprint density at radius 2 is 2.06 bits per heavy atom. The summed E-state index contributed by atoms with van der Waals surface area (Å²) in [5.74, 6) is 0.0891. The van der Waals surface area contributed by atoms with Crippen molar-refractivity contribution in [1.82, 2.24) is 0 Å². The van der Waals surface area contributed by atoms with Gasteiger partial charge >= 0.3 is 5.97 Å². The van der Waals surface area contributed by atoms with Gasteiger partial charge in [0.15, 0.2) is 0 Å². The summed E-state index contributed by atoms with van der Waals surface area (Å²) in [6, 6.07) is 5.90. The molecule has 0 aliphatic carbocycles. The number of aliphatic carboxylic acids is 1. The van der Waals surface area contributed by atoms with Crippen LogP contribution in [0.1, 0.15) is 38.3 Å². The topological polar surface area (TPSA) is 46.5 Å². The SMILES string of the molecule is CCc1cc(C(C)(C)CC(=O)O)ccc1OC. The third-order valence-electron chi connectivity index (χ3n) is 3.04. The molecule has 1 aromatic rings. The van der Waals surface area contributed by atoms with E-state index in [9.17, 15) is 4.79 Å². The van der Waals surface area contributed by atoms with Gasteiger partial charge in [-0.3, -0.25) is 4.79 Å². The molecule has 0 bridgehead atoms. The van der Waals surface area contributed by atoms with Crippen LogP contribution in [0.5, 0.6) is 5.75 Å². The van der Waals surface area contributed by atoms with Gasteiger partial charge in [0, 0.05) is 5.41 Å². The zero-order valence-electron chi connectivity index (χ0n) is 10.9. The molecule has 0 saturated carbocycles. The Morgan fingerprint density at radius 3 is 2.53 bits per heavy atom. The zero-order chi connectivity index (χ0) is 13.1. The van der Waals surface area contributed by atoms with Crippen LogP contribution in [0.4, 0.5) is 0 Å². The lowest BCUT2D eigenvalue weighted by Gasteiger charge is -2.24. The molecule has 0 fully saturated rings. The van der Waals surface area contributed by atoms with Crippen LogP contribution in [0.2, 0.25) is 0 Å². The number of carbonyl (C=O) groups is 1.